The molecule has 0 unspecified atom stereocenters. The smallest absolute Gasteiger partial charge is 0.290 e. The minimum absolute atomic E-state index is 0.00675. The highest BCUT2D eigenvalue weighted by atomic mass is 16.3. The van der Waals surface area contributed by atoms with E-state index in [1.807, 2.05) is 4.90 Å². The van der Waals surface area contributed by atoms with Gasteiger partial charge >= 0.3 is 0 Å². The summed E-state index contributed by atoms with van der Waals surface area (Å²) in [5.41, 5.74) is 0.993. The number of hydrogen-bond acceptors (Lipinski definition) is 5. The standard InChI is InChI=1S/C23H31N5O2.CH2O2/c24-10-15-8-19(25-11-15)23(30)27-13-17-9-18(14-27)21(28-7-2-1-6-20(17)28)12-26-22(29)16-4-3-5-16;2-1-3/h8,11,16-18,20-21,25H,1-7,9,12-14H2,(H,26,29);1H,(H,2,3)/t17-,18+,20+,21+;/m1./s1. The van der Waals surface area contributed by atoms with Crippen LogP contribution >= 0.6 is 0 Å². The highest BCUT2D eigenvalue weighted by molar-refractivity contribution is 5.93. The third-order valence-corrected chi connectivity index (χ3v) is 7.91. The number of piperidine rings is 3. The maximum Gasteiger partial charge on any atom is 0.290 e. The first kappa shape index (κ1) is 23.3. The van der Waals surface area contributed by atoms with Crippen LogP contribution in [0.1, 0.15) is 61.0 Å². The van der Waals surface area contributed by atoms with E-state index in [0.29, 0.717) is 41.7 Å². The highest BCUT2D eigenvalue weighted by Gasteiger charge is 2.48. The molecular weight excluding hydrogens is 422 g/mol. The second-order valence-electron chi connectivity index (χ2n) is 9.73. The molecule has 0 spiro atoms. The van der Waals surface area contributed by atoms with Gasteiger partial charge in [-0.05, 0) is 56.6 Å². The molecule has 178 valence electrons. The zero-order valence-corrected chi connectivity index (χ0v) is 18.9. The lowest BCUT2D eigenvalue weighted by molar-refractivity contribution is -0.128. The first-order chi connectivity index (χ1) is 16.0. The summed E-state index contributed by atoms with van der Waals surface area (Å²) >= 11 is 0. The molecule has 2 amide bonds. The predicted molar refractivity (Wildman–Crippen MR) is 120 cm³/mol. The molecule has 4 aliphatic rings. The first-order valence-electron chi connectivity index (χ1n) is 12.0. The lowest BCUT2D eigenvalue weighted by Crippen LogP contribution is -2.66. The van der Waals surface area contributed by atoms with Gasteiger partial charge in [0.2, 0.25) is 5.91 Å². The fourth-order valence-electron chi connectivity index (χ4n) is 6.13. The van der Waals surface area contributed by atoms with E-state index < -0.39 is 0 Å². The Morgan fingerprint density at radius 2 is 1.97 bits per heavy atom. The number of aromatic nitrogens is 1. The Balaban J connectivity index is 0.000000821. The van der Waals surface area contributed by atoms with Crippen LogP contribution in [0, 0.1) is 29.1 Å². The molecule has 3 saturated heterocycles. The minimum atomic E-state index is -0.250. The van der Waals surface area contributed by atoms with Crippen molar-refractivity contribution in [3.05, 3.63) is 23.5 Å². The molecule has 4 fully saturated rings. The summed E-state index contributed by atoms with van der Waals surface area (Å²) < 4.78 is 0. The zero-order chi connectivity index (χ0) is 23.4. The van der Waals surface area contributed by atoms with Gasteiger partial charge in [-0.2, -0.15) is 5.26 Å². The van der Waals surface area contributed by atoms with Gasteiger partial charge in [0.25, 0.3) is 12.4 Å². The molecule has 33 heavy (non-hydrogen) atoms. The van der Waals surface area contributed by atoms with Crippen LogP contribution in [-0.2, 0) is 9.59 Å². The van der Waals surface area contributed by atoms with Crippen molar-refractivity contribution in [2.45, 2.75) is 57.0 Å². The van der Waals surface area contributed by atoms with Crippen molar-refractivity contribution in [2.75, 3.05) is 26.2 Å². The van der Waals surface area contributed by atoms with E-state index in [1.54, 1.807) is 12.3 Å². The topological polar surface area (TPSA) is 130 Å². The fraction of sp³-hybridized carbons (Fsp3) is 0.667. The van der Waals surface area contributed by atoms with Crippen LogP contribution in [0.4, 0.5) is 0 Å². The number of rotatable bonds is 4. The number of nitriles is 1. The van der Waals surface area contributed by atoms with E-state index in [0.717, 1.165) is 38.9 Å². The summed E-state index contributed by atoms with van der Waals surface area (Å²) in [7, 11) is 0. The average molecular weight is 456 g/mol. The van der Waals surface area contributed by atoms with Crippen molar-refractivity contribution in [2.24, 2.45) is 17.8 Å². The number of nitrogens with zero attached hydrogens (tertiary/aromatic N) is 3. The van der Waals surface area contributed by atoms with Gasteiger partial charge < -0.3 is 20.3 Å². The number of likely N-dealkylation sites (tertiary alicyclic amines) is 1. The highest BCUT2D eigenvalue weighted by Crippen LogP contribution is 2.41. The second-order valence-corrected chi connectivity index (χ2v) is 9.73. The van der Waals surface area contributed by atoms with Gasteiger partial charge in [0, 0.05) is 43.8 Å². The van der Waals surface area contributed by atoms with E-state index in [-0.39, 0.29) is 24.2 Å². The van der Waals surface area contributed by atoms with Crippen molar-refractivity contribution in [1.29, 1.82) is 5.26 Å². The Morgan fingerprint density at radius 3 is 2.64 bits per heavy atom. The van der Waals surface area contributed by atoms with Crippen molar-refractivity contribution in [1.82, 2.24) is 20.1 Å². The quantitative estimate of drug-likeness (QED) is 0.594. The van der Waals surface area contributed by atoms with Crippen LogP contribution in [0.3, 0.4) is 0 Å². The minimum Gasteiger partial charge on any atom is -0.483 e. The van der Waals surface area contributed by atoms with Gasteiger partial charge in [0.05, 0.1) is 5.56 Å². The number of H-pyrrole nitrogens is 1. The molecule has 1 aromatic rings. The largest absolute Gasteiger partial charge is 0.483 e. The maximum atomic E-state index is 13.1. The van der Waals surface area contributed by atoms with Crippen LogP contribution in [0.5, 0.6) is 0 Å². The first-order valence-corrected chi connectivity index (χ1v) is 12.0. The van der Waals surface area contributed by atoms with Crippen LogP contribution in [0.25, 0.3) is 0 Å². The summed E-state index contributed by atoms with van der Waals surface area (Å²) in [4.78, 5) is 41.6. The third kappa shape index (κ3) is 4.91. The predicted octanol–water partition coefficient (Wildman–Crippen LogP) is 1.82. The number of amides is 2. The normalized spacial score (nSPS) is 28.9. The Morgan fingerprint density at radius 1 is 1.21 bits per heavy atom. The number of fused-ring (bicyclic) bond motifs is 4. The molecule has 5 rings (SSSR count). The number of carbonyl (C=O) groups excluding carboxylic acids is 2. The van der Waals surface area contributed by atoms with Gasteiger partial charge in [0.15, 0.2) is 0 Å². The van der Waals surface area contributed by atoms with Gasteiger partial charge in [0.1, 0.15) is 11.8 Å². The van der Waals surface area contributed by atoms with Crippen LogP contribution in [0.2, 0.25) is 0 Å². The molecule has 3 aliphatic heterocycles. The molecule has 1 saturated carbocycles. The van der Waals surface area contributed by atoms with Crippen LogP contribution < -0.4 is 5.32 Å². The number of hydrogen-bond donors (Lipinski definition) is 3. The van der Waals surface area contributed by atoms with Crippen molar-refractivity contribution in [3.63, 3.8) is 0 Å². The number of nitrogens with one attached hydrogen (secondary N) is 2. The second kappa shape index (κ2) is 10.4. The van der Waals surface area contributed by atoms with Crippen LogP contribution in [0.15, 0.2) is 12.3 Å². The van der Waals surface area contributed by atoms with E-state index >= 15 is 0 Å². The van der Waals surface area contributed by atoms with Gasteiger partial charge in [-0.1, -0.05) is 12.8 Å². The Hall–Kier alpha value is -2.86. The molecule has 0 aromatic carbocycles. The Labute approximate surface area is 194 Å². The molecule has 1 aromatic heterocycles. The molecule has 9 nitrogen and oxygen atoms in total. The summed E-state index contributed by atoms with van der Waals surface area (Å²) in [6.45, 7) is 3.08. The summed E-state index contributed by atoms with van der Waals surface area (Å²) in [5.74, 6) is 1.31. The monoisotopic (exact) mass is 455 g/mol. The molecule has 0 radical (unpaired) electrons. The SMILES string of the molecule is N#Cc1c[nH]c(C(=O)N2C[C@H]3C[C@@H](C2)[C@H](CNC(=O)C2CCC2)N2CCCC[C@@H]32)c1.O=CO. The lowest BCUT2D eigenvalue weighted by atomic mass is 9.72. The molecule has 2 bridgehead atoms. The Kier molecular flexibility index (Phi) is 7.33. The van der Waals surface area contributed by atoms with Gasteiger partial charge in [-0.15, -0.1) is 0 Å². The molecular formula is C24H33N5O4. The van der Waals surface area contributed by atoms with Gasteiger partial charge in [-0.25, -0.2) is 0 Å². The van der Waals surface area contributed by atoms with E-state index in [1.165, 1.54) is 25.7 Å². The average Bonchev–Trinajstić information content (AvgIpc) is 3.27. The maximum absolute atomic E-state index is 13.1. The molecule has 4 heterocycles. The number of aromatic amines is 1. The van der Waals surface area contributed by atoms with E-state index in [4.69, 9.17) is 15.2 Å². The Bertz CT molecular complexity index is 905. The number of carbonyl (C=O) groups is 3. The number of carboxylic acid groups (broad SMARTS) is 1. The lowest BCUT2D eigenvalue weighted by Gasteiger charge is -2.56. The molecule has 3 N–H and O–H groups in total. The summed E-state index contributed by atoms with van der Waals surface area (Å²) in [5, 5.41) is 19.2. The van der Waals surface area contributed by atoms with Crippen molar-refractivity contribution < 1.29 is 19.5 Å². The van der Waals surface area contributed by atoms with E-state index in [2.05, 4.69) is 21.3 Å². The third-order valence-electron chi connectivity index (χ3n) is 7.91. The molecule has 4 atom stereocenters. The molecule has 1 aliphatic carbocycles. The van der Waals surface area contributed by atoms with E-state index in [9.17, 15) is 9.59 Å². The fourth-order valence-corrected chi connectivity index (χ4v) is 6.13. The van der Waals surface area contributed by atoms with Crippen molar-refractivity contribution >= 4 is 18.3 Å². The summed E-state index contributed by atoms with van der Waals surface area (Å²) in [6, 6.07) is 4.55. The van der Waals surface area contributed by atoms with Gasteiger partial charge in [-0.3, -0.25) is 19.3 Å². The molecule has 9 heteroatoms. The van der Waals surface area contributed by atoms with Crippen LogP contribution in [-0.4, -0.2) is 76.4 Å². The zero-order valence-electron chi connectivity index (χ0n) is 18.9. The van der Waals surface area contributed by atoms with Crippen molar-refractivity contribution in [3.8, 4) is 6.07 Å². The summed E-state index contributed by atoms with van der Waals surface area (Å²) in [6.07, 6.45) is 9.62.